The van der Waals surface area contributed by atoms with Gasteiger partial charge in [0, 0.05) is 6.42 Å². The zero-order chi connectivity index (χ0) is 11.2. The highest BCUT2D eigenvalue weighted by molar-refractivity contribution is 5.77. The molecular weight excluding hydrogens is 176 g/mol. The van der Waals surface area contributed by atoms with Crippen LogP contribution in [0.25, 0.3) is 0 Å². The van der Waals surface area contributed by atoms with Crippen molar-refractivity contribution >= 4 is 5.91 Å². The van der Waals surface area contributed by atoms with Crippen molar-refractivity contribution in [1.29, 1.82) is 0 Å². The van der Waals surface area contributed by atoms with Crippen LogP contribution < -0.4 is 11.1 Å². The highest BCUT2D eigenvalue weighted by Crippen LogP contribution is 2.05. The zero-order valence-corrected chi connectivity index (χ0v) is 9.26. The fraction of sp³-hybridized carbons (Fsp3) is 0.727. The summed E-state index contributed by atoms with van der Waals surface area (Å²) in [7, 11) is 0. The van der Waals surface area contributed by atoms with Gasteiger partial charge < -0.3 is 11.1 Å². The van der Waals surface area contributed by atoms with E-state index < -0.39 is 5.54 Å². The second-order valence-electron chi connectivity index (χ2n) is 4.20. The van der Waals surface area contributed by atoms with Gasteiger partial charge in [-0.3, -0.25) is 4.79 Å². The molecule has 0 aromatic rings. The predicted molar refractivity (Wildman–Crippen MR) is 58.5 cm³/mol. The normalized spacial score (nSPS) is 13.1. The molecule has 1 unspecified atom stereocenters. The Bertz CT molecular complexity index is 228. The van der Waals surface area contributed by atoms with Crippen LogP contribution in [-0.4, -0.2) is 18.0 Å². The molecule has 0 aliphatic heterocycles. The summed E-state index contributed by atoms with van der Waals surface area (Å²) in [4.78, 5) is 11.4. The molecule has 3 N–H and O–H groups in total. The second kappa shape index (κ2) is 5.66. The van der Waals surface area contributed by atoms with Crippen molar-refractivity contribution in [3.8, 4) is 12.3 Å². The monoisotopic (exact) mass is 196 g/mol. The summed E-state index contributed by atoms with van der Waals surface area (Å²) in [6.45, 7) is 6.25. The maximum atomic E-state index is 11.4. The molecule has 14 heavy (non-hydrogen) atoms. The minimum absolute atomic E-state index is 0.00625. The van der Waals surface area contributed by atoms with E-state index >= 15 is 0 Å². The first-order chi connectivity index (χ1) is 6.41. The van der Waals surface area contributed by atoms with E-state index in [2.05, 4.69) is 11.2 Å². The number of rotatable bonds is 5. The van der Waals surface area contributed by atoms with Crippen LogP contribution in [0.15, 0.2) is 0 Å². The van der Waals surface area contributed by atoms with Gasteiger partial charge in [0.05, 0.1) is 5.54 Å². The third-order valence-electron chi connectivity index (χ3n) is 2.08. The molecule has 3 nitrogen and oxygen atoms in total. The smallest absolute Gasteiger partial charge is 0.221 e. The molecule has 0 aliphatic rings. The average Bonchev–Trinajstić information content (AvgIpc) is 2.13. The number of nitrogens with one attached hydrogen (secondary N) is 1. The standard InChI is InChI=1S/C11H20N2O/c1-5-11(3,4)13-10(14)7-6-9(2)8-12/h1,9H,6-8,12H2,2-4H3,(H,13,14). The van der Waals surface area contributed by atoms with Gasteiger partial charge in [0.15, 0.2) is 0 Å². The van der Waals surface area contributed by atoms with E-state index in [0.717, 1.165) is 6.42 Å². The van der Waals surface area contributed by atoms with Crippen LogP contribution in [-0.2, 0) is 4.79 Å². The summed E-state index contributed by atoms with van der Waals surface area (Å²) in [6, 6.07) is 0. The van der Waals surface area contributed by atoms with Crippen molar-refractivity contribution in [3.63, 3.8) is 0 Å². The third-order valence-corrected chi connectivity index (χ3v) is 2.08. The number of nitrogens with two attached hydrogens (primary N) is 1. The summed E-state index contributed by atoms with van der Waals surface area (Å²) in [5.41, 5.74) is 4.90. The van der Waals surface area contributed by atoms with Crippen LogP contribution in [0.5, 0.6) is 0 Å². The SMILES string of the molecule is C#CC(C)(C)NC(=O)CCC(C)CN. The van der Waals surface area contributed by atoms with E-state index in [1.54, 1.807) is 13.8 Å². The minimum Gasteiger partial charge on any atom is -0.340 e. The largest absolute Gasteiger partial charge is 0.340 e. The molecule has 0 fully saturated rings. The van der Waals surface area contributed by atoms with Gasteiger partial charge in [-0.1, -0.05) is 12.8 Å². The zero-order valence-electron chi connectivity index (χ0n) is 9.26. The quantitative estimate of drug-likeness (QED) is 0.642. The summed E-state index contributed by atoms with van der Waals surface area (Å²) in [5, 5.41) is 2.77. The topological polar surface area (TPSA) is 55.1 Å². The van der Waals surface area contributed by atoms with Crippen LogP contribution in [0, 0.1) is 18.3 Å². The maximum absolute atomic E-state index is 11.4. The first-order valence-corrected chi connectivity index (χ1v) is 4.90. The Balaban J connectivity index is 3.84. The fourth-order valence-corrected chi connectivity index (χ4v) is 0.942. The van der Waals surface area contributed by atoms with Gasteiger partial charge in [-0.2, -0.15) is 0 Å². The van der Waals surface area contributed by atoms with Gasteiger partial charge in [0.25, 0.3) is 0 Å². The molecule has 0 radical (unpaired) electrons. The van der Waals surface area contributed by atoms with Crippen LogP contribution in [0.3, 0.4) is 0 Å². The lowest BCUT2D eigenvalue weighted by atomic mass is 10.0. The molecule has 0 spiro atoms. The van der Waals surface area contributed by atoms with E-state index in [4.69, 9.17) is 12.2 Å². The fourth-order valence-electron chi connectivity index (χ4n) is 0.942. The van der Waals surface area contributed by atoms with Crippen molar-refractivity contribution in [3.05, 3.63) is 0 Å². The number of carbonyl (C=O) groups is 1. The molecule has 0 saturated heterocycles. The van der Waals surface area contributed by atoms with Crippen molar-refractivity contribution < 1.29 is 4.79 Å². The number of carbonyl (C=O) groups excluding carboxylic acids is 1. The molecule has 0 aromatic carbocycles. The highest BCUT2D eigenvalue weighted by Gasteiger charge is 2.16. The first kappa shape index (κ1) is 13.0. The Morgan fingerprint density at radius 3 is 2.64 bits per heavy atom. The van der Waals surface area contributed by atoms with Crippen LogP contribution in [0.1, 0.15) is 33.6 Å². The van der Waals surface area contributed by atoms with E-state index in [1.807, 2.05) is 6.92 Å². The number of hydrogen-bond donors (Lipinski definition) is 2. The van der Waals surface area contributed by atoms with E-state index in [9.17, 15) is 4.79 Å². The number of terminal acetylenes is 1. The number of amides is 1. The first-order valence-electron chi connectivity index (χ1n) is 4.90. The summed E-state index contributed by atoms with van der Waals surface area (Å²) in [5.74, 6) is 2.89. The molecule has 0 saturated carbocycles. The van der Waals surface area contributed by atoms with Crippen LogP contribution in [0.4, 0.5) is 0 Å². The molecule has 0 bridgehead atoms. The number of hydrogen-bond acceptors (Lipinski definition) is 2. The Labute approximate surface area is 86.4 Å². The van der Waals surface area contributed by atoms with Gasteiger partial charge in [-0.15, -0.1) is 6.42 Å². The van der Waals surface area contributed by atoms with Crippen molar-refractivity contribution in [2.24, 2.45) is 11.7 Å². The molecule has 0 heterocycles. The summed E-state index contributed by atoms with van der Waals surface area (Å²) < 4.78 is 0. The third kappa shape index (κ3) is 5.60. The molecule has 80 valence electrons. The van der Waals surface area contributed by atoms with E-state index in [0.29, 0.717) is 18.9 Å². The lowest BCUT2D eigenvalue weighted by Gasteiger charge is -2.19. The van der Waals surface area contributed by atoms with E-state index in [-0.39, 0.29) is 5.91 Å². The Morgan fingerprint density at radius 2 is 2.21 bits per heavy atom. The molecule has 0 aromatic heterocycles. The van der Waals surface area contributed by atoms with Crippen molar-refractivity contribution in [2.75, 3.05) is 6.54 Å². The molecule has 3 heteroatoms. The summed E-state index contributed by atoms with van der Waals surface area (Å²) >= 11 is 0. The molecular formula is C11H20N2O. The minimum atomic E-state index is -0.553. The predicted octanol–water partition coefficient (Wildman–Crippen LogP) is 0.889. The summed E-state index contributed by atoms with van der Waals surface area (Å²) in [6.07, 6.45) is 6.55. The van der Waals surface area contributed by atoms with Gasteiger partial charge in [-0.25, -0.2) is 0 Å². The van der Waals surface area contributed by atoms with Gasteiger partial charge in [0.2, 0.25) is 5.91 Å². The Morgan fingerprint density at radius 1 is 1.64 bits per heavy atom. The van der Waals surface area contributed by atoms with E-state index in [1.165, 1.54) is 0 Å². The lowest BCUT2D eigenvalue weighted by Crippen LogP contribution is -2.42. The molecule has 0 aliphatic carbocycles. The Hall–Kier alpha value is -1.01. The maximum Gasteiger partial charge on any atom is 0.221 e. The molecule has 1 atom stereocenters. The highest BCUT2D eigenvalue weighted by atomic mass is 16.1. The molecule has 0 rings (SSSR count). The van der Waals surface area contributed by atoms with Crippen molar-refractivity contribution in [2.45, 2.75) is 39.2 Å². The Kier molecular flexibility index (Phi) is 5.26. The second-order valence-corrected chi connectivity index (χ2v) is 4.20. The lowest BCUT2D eigenvalue weighted by molar-refractivity contribution is -0.122. The van der Waals surface area contributed by atoms with Crippen LogP contribution >= 0.6 is 0 Å². The van der Waals surface area contributed by atoms with Gasteiger partial charge >= 0.3 is 0 Å². The van der Waals surface area contributed by atoms with Crippen molar-refractivity contribution in [1.82, 2.24) is 5.32 Å². The van der Waals surface area contributed by atoms with Gasteiger partial charge in [0.1, 0.15) is 0 Å². The van der Waals surface area contributed by atoms with Crippen LogP contribution in [0.2, 0.25) is 0 Å². The molecule has 1 amide bonds. The van der Waals surface area contributed by atoms with Gasteiger partial charge in [-0.05, 0) is 32.7 Å². The average molecular weight is 196 g/mol.